The van der Waals surface area contributed by atoms with Crippen LogP contribution in [0, 0.1) is 6.92 Å². The van der Waals surface area contributed by atoms with Crippen LogP contribution < -0.4 is 15.5 Å². The summed E-state index contributed by atoms with van der Waals surface area (Å²) in [6.45, 7) is 1.64. The fourth-order valence-corrected chi connectivity index (χ4v) is 3.52. The van der Waals surface area contributed by atoms with Crippen LogP contribution in [0.15, 0.2) is 83.7 Å². The van der Waals surface area contributed by atoms with Gasteiger partial charge >= 0.3 is 0 Å². The van der Waals surface area contributed by atoms with Crippen LogP contribution in [0.4, 0.5) is 5.82 Å². The van der Waals surface area contributed by atoms with Crippen LogP contribution in [0.3, 0.4) is 0 Å². The van der Waals surface area contributed by atoms with Gasteiger partial charge in [0.15, 0.2) is 0 Å². The second kappa shape index (κ2) is 9.08. The third-order valence-electron chi connectivity index (χ3n) is 4.97. The SMILES string of the molecule is COc1ccccc1-c1c(NC(=O)c2ccccc2)n(-c2ccc(Cl)cc2)nc(C)c1=O. The number of nitrogens with one attached hydrogen (secondary N) is 1. The van der Waals surface area contributed by atoms with Gasteiger partial charge in [-0.15, -0.1) is 0 Å². The highest BCUT2D eigenvalue weighted by atomic mass is 35.5. The monoisotopic (exact) mass is 445 g/mol. The van der Waals surface area contributed by atoms with Crippen LogP contribution in [0.5, 0.6) is 5.75 Å². The van der Waals surface area contributed by atoms with Crippen molar-refractivity contribution < 1.29 is 9.53 Å². The zero-order chi connectivity index (χ0) is 22.7. The molecule has 160 valence electrons. The molecule has 0 fully saturated rings. The third kappa shape index (κ3) is 4.13. The first kappa shape index (κ1) is 21.3. The van der Waals surface area contributed by atoms with E-state index in [-0.39, 0.29) is 28.4 Å². The number of aromatic nitrogens is 2. The number of aryl methyl sites for hydroxylation is 1. The summed E-state index contributed by atoms with van der Waals surface area (Å²) in [6.07, 6.45) is 0. The molecule has 7 heteroatoms. The predicted octanol–water partition coefficient (Wildman–Crippen LogP) is 5.12. The maximum Gasteiger partial charge on any atom is 0.256 e. The molecular weight excluding hydrogens is 426 g/mol. The first-order chi connectivity index (χ1) is 15.5. The number of hydrogen-bond acceptors (Lipinski definition) is 4. The lowest BCUT2D eigenvalue weighted by atomic mass is 10.0. The summed E-state index contributed by atoms with van der Waals surface area (Å²) in [5.74, 6) is 0.379. The number of carbonyl (C=O) groups is 1. The van der Waals surface area contributed by atoms with Crippen molar-refractivity contribution in [2.24, 2.45) is 0 Å². The van der Waals surface area contributed by atoms with Crippen LogP contribution in [0.2, 0.25) is 5.02 Å². The number of hydrogen-bond donors (Lipinski definition) is 1. The van der Waals surface area contributed by atoms with Crippen LogP contribution in [0.25, 0.3) is 16.8 Å². The van der Waals surface area contributed by atoms with Crippen molar-refractivity contribution in [2.45, 2.75) is 6.92 Å². The molecule has 1 amide bonds. The van der Waals surface area contributed by atoms with Gasteiger partial charge in [0.1, 0.15) is 17.3 Å². The van der Waals surface area contributed by atoms with Gasteiger partial charge in [-0.1, -0.05) is 48.0 Å². The molecular formula is C25H20ClN3O3. The van der Waals surface area contributed by atoms with Gasteiger partial charge in [0, 0.05) is 16.1 Å². The minimum absolute atomic E-state index is 0.237. The molecule has 0 radical (unpaired) electrons. The van der Waals surface area contributed by atoms with Gasteiger partial charge in [-0.05, 0) is 49.4 Å². The number of benzene rings is 3. The van der Waals surface area contributed by atoms with Crippen molar-refractivity contribution in [1.82, 2.24) is 9.78 Å². The second-order valence-electron chi connectivity index (χ2n) is 7.05. The number of anilines is 1. The highest BCUT2D eigenvalue weighted by Crippen LogP contribution is 2.34. The first-order valence-electron chi connectivity index (χ1n) is 9.89. The molecule has 1 N–H and O–H groups in total. The average molecular weight is 446 g/mol. The number of ether oxygens (including phenoxy) is 1. The van der Waals surface area contributed by atoms with Crippen LogP contribution in [-0.2, 0) is 0 Å². The number of rotatable bonds is 5. The summed E-state index contributed by atoms with van der Waals surface area (Å²) < 4.78 is 7.04. The molecule has 0 aliphatic heterocycles. The number of methoxy groups -OCH3 is 1. The average Bonchev–Trinajstić information content (AvgIpc) is 2.82. The Bertz CT molecular complexity index is 1330. The summed E-state index contributed by atoms with van der Waals surface area (Å²) in [5.41, 5.74) is 1.90. The summed E-state index contributed by atoms with van der Waals surface area (Å²) in [6, 6.07) is 22.9. The Balaban J connectivity index is 2.00. The lowest BCUT2D eigenvalue weighted by molar-refractivity contribution is 0.102. The van der Waals surface area contributed by atoms with Crippen LogP contribution in [0.1, 0.15) is 16.1 Å². The summed E-state index contributed by atoms with van der Waals surface area (Å²) in [5, 5.41) is 7.93. The van der Waals surface area contributed by atoms with Gasteiger partial charge in [0.05, 0.1) is 18.4 Å². The summed E-state index contributed by atoms with van der Waals surface area (Å²) in [4.78, 5) is 26.4. The minimum atomic E-state index is -0.366. The van der Waals surface area contributed by atoms with Gasteiger partial charge in [-0.25, -0.2) is 4.68 Å². The topological polar surface area (TPSA) is 73.2 Å². The molecule has 4 aromatic rings. The Labute approximate surface area is 190 Å². The van der Waals surface area contributed by atoms with E-state index in [0.29, 0.717) is 27.6 Å². The molecule has 1 aromatic heterocycles. The lowest BCUT2D eigenvalue weighted by Gasteiger charge is -2.19. The third-order valence-corrected chi connectivity index (χ3v) is 5.22. The van der Waals surface area contributed by atoms with E-state index in [4.69, 9.17) is 16.3 Å². The van der Waals surface area contributed by atoms with Crippen molar-refractivity contribution in [3.63, 3.8) is 0 Å². The maximum atomic E-state index is 13.3. The van der Waals surface area contributed by atoms with Crippen molar-refractivity contribution >= 4 is 23.3 Å². The first-order valence-corrected chi connectivity index (χ1v) is 10.3. The van der Waals surface area contributed by atoms with Gasteiger partial charge in [0.2, 0.25) is 5.43 Å². The molecule has 4 rings (SSSR count). The highest BCUT2D eigenvalue weighted by molar-refractivity contribution is 6.30. The molecule has 0 aliphatic rings. The van der Waals surface area contributed by atoms with E-state index in [9.17, 15) is 9.59 Å². The van der Waals surface area contributed by atoms with Crippen LogP contribution in [-0.4, -0.2) is 22.8 Å². The van der Waals surface area contributed by atoms with E-state index in [2.05, 4.69) is 10.4 Å². The van der Waals surface area contributed by atoms with Crippen LogP contribution >= 0.6 is 11.6 Å². The van der Waals surface area contributed by atoms with E-state index in [1.807, 2.05) is 18.2 Å². The summed E-state index contributed by atoms with van der Waals surface area (Å²) >= 11 is 6.06. The standard InChI is InChI=1S/C25H20ClN3O3/c1-16-23(30)22(20-10-6-7-11-21(20)32-2)24(27-25(31)17-8-4-3-5-9-17)29(28-16)19-14-12-18(26)13-15-19/h3-15H,1-2H3,(H,27,31). The molecule has 0 spiro atoms. The number of carbonyl (C=O) groups excluding carboxylic acids is 1. The molecule has 0 saturated heterocycles. The maximum absolute atomic E-state index is 13.3. The fourth-order valence-electron chi connectivity index (χ4n) is 3.39. The normalized spacial score (nSPS) is 10.6. The largest absolute Gasteiger partial charge is 0.496 e. The molecule has 32 heavy (non-hydrogen) atoms. The van der Waals surface area contributed by atoms with Gasteiger partial charge in [-0.3, -0.25) is 9.59 Å². The number of halogens is 1. The van der Waals surface area contributed by atoms with E-state index < -0.39 is 0 Å². The smallest absolute Gasteiger partial charge is 0.256 e. The van der Waals surface area contributed by atoms with Crippen molar-refractivity contribution in [1.29, 1.82) is 0 Å². The number of nitrogens with zero attached hydrogens (tertiary/aromatic N) is 2. The Morgan fingerprint density at radius 3 is 2.31 bits per heavy atom. The molecule has 0 atom stereocenters. The Hall–Kier alpha value is -3.90. The van der Waals surface area contributed by atoms with Crippen molar-refractivity contribution in [3.05, 3.63) is 105 Å². The molecule has 6 nitrogen and oxygen atoms in total. The molecule has 1 heterocycles. The minimum Gasteiger partial charge on any atom is -0.496 e. The van der Waals surface area contributed by atoms with E-state index in [1.54, 1.807) is 67.6 Å². The summed E-state index contributed by atoms with van der Waals surface area (Å²) in [7, 11) is 1.53. The molecule has 0 aliphatic carbocycles. The molecule has 0 saturated carbocycles. The Kier molecular flexibility index (Phi) is 6.05. The van der Waals surface area contributed by atoms with Gasteiger partial charge in [0.25, 0.3) is 5.91 Å². The zero-order valence-electron chi connectivity index (χ0n) is 17.5. The van der Waals surface area contributed by atoms with Gasteiger partial charge in [-0.2, -0.15) is 5.10 Å². The van der Waals surface area contributed by atoms with Crippen molar-refractivity contribution in [3.8, 4) is 22.6 Å². The highest BCUT2D eigenvalue weighted by Gasteiger charge is 2.23. The van der Waals surface area contributed by atoms with E-state index in [1.165, 1.54) is 11.8 Å². The Morgan fingerprint density at radius 2 is 1.62 bits per heavy atom. The fraction of sp³-hybridized carbons (Fsp3) is 0.0800. The molecule has 0 bridgehead atoms. The van der Waals surface area contributed by atoms with Crippen molar-refractivity contribution in [2.75, 3.05) is 12.4 Å². The zero-order valence-corrected chi connectivity index (χ0v) is 18.3. The van der Waals surface area contributed by atoms with E-state index >= 15 is 0 Å². The quantitative estimate of drug-likeness (QED) is 0.462. The van der Waals surface area contributed by atoms with Gasteiger partial charge < -0.3 is 10.1 Å². The lowest BCUT2D eigenvalue weighted by Crippen LogP contribution is -2.25. The molecule has 0 unspecified atom stereocenters. The Morgan fingerprint density at radius 1 is 0.969 bits per heavy atom. The number of amides is 1. The second-order valence-corrected chi connectivity index (χ2v) is 7.48. The number of para-hydroxylation sites is 1. The predicted molar refractivity (Wildman–Crippen MR) is 126 cm³/mol. The van der Waals surface area contributed by atoms with E-state index in [0.717, 1.165) is 0 Å². The molecule has 3 aromatic carbocycles.